The topological polar surface area (TPSA) is 13.0 Å². The minimum atomic E-state index is 0. The molecule has 2 fully saturated rings. The number of piperazine rings is 2. The molecule has 0 aromatic heterocycles. The Balaban J connectivity index is 0.000000260. The first kappa shape index (κ1) is 43.7. The third kappa shape index (κ3) is 11.7. The van der Waals surface area contributed by atoms with Crippen molar-refractivity contribution in [3.05, 3.63) is 126 Å². The summed E-state index contributed by atoms with van der Waals surface area (Å²) < 4.78 is 0. The van der Waals surface area contributed by atoms with Crippen molar-refractivity contribution < 1.29 is 31.3 Å². The monoisotopic (exact) mass is 826 g/mol. The van der Waals surface area contributed by atoms with Crippen LogP contribution in [-0.2, 0) is 0 Å². The standard InChI is InChI=1S/C19H21Cl3N2.C18H18Cl4N2.ClH.Li/c1-2-9-23-10-11-24(18-8-7-16(21)12-17(18)22)19(13-23)14-3-5-15(20)6-4-14;19-7-8-23-9-10-24(17-6-5-15(21)11-16(17)22)18(12-23)13-1-3-14(20)4-2-13;;/h3-8,12,19H,2,9-11,13H2,1H3;1-6,11,18H,7-10,12H2;1H;/q;;;+1/p-1/t19-;18-;;/m00../s1. The zero-order valence-corrected chi connectivity index (χ0v) is 34.2. The van der Waals surface area contributed by atoms with Crippen molar-refractivity contribution in [3.8, 4) is 0 Å². The van der Waals surface area contributed by atoms with E-state index in [1.165, 1.54) is 11.1 Å². The fraction of sp³-hybridized carbons (Fsp3) is 0.351. The summed E-state index contributed by atoms with van der Waals surface area (Å²) in [4.78, 5) is 9.62. The molecule has 13 heteroatoms. The van der Waals surface area contributed by atoms with Crippen molar-refractivity contribution in [3.63, 3.8) is 0 Å². The van der Waals surface area contributed by atoms with E-state index < -0.39 is 0 Å². The van der Waals surface area contributed by atoms with Gasteiger partial charge in [-0.15, -0.1) is 11.6 Å². The SMILES string of the molecule is CCCN1CCN(c2ccc(Cl)cc2Cl)[C@H](c2ccc(Cl)cc2)C1.ClCCN1CCN(c2ccc(Cl)cc2Cl)[C@H](c2ccc(Cl)cc2)C1.[Cl-].[Li+]. The first-order valence-electron chi connectivity index (χ1n) is 16.1. The van der Waals surface area contributed by atoms with Crippen LogP contribution in [0.25, 0.3) is 0 Å². The molecule has 0 spiro atoms. The van der Waals surface area contributed by atoms with Gasteiger partial charge >= 0.3 is 18.9 Å². The van der Waals surface area contributed by atoms with Gasteiger partial charge in [0, 0.05) is 71.8 Å². The van der Waals surface area contributed by atoms with Gasteiger partial charge in [-0.1, -0.05) is 101 Å². The fourth-order valence-corrected chi connectivity index (χ4v) is 7.99. The molecule has 2 saturated heterocycles. The van der Waals surface area contributed by atoms with Crippen molar-refractivity contribution in [1.29, 1.82) is 0 Å². The Morgan fingerprint density at radius 1 is 0.540 bits per heavy atom. The molecule has 2 aliphatic heterocycles. The number of nitrogens with zero attached hydrogens (tertiary/aromatic N) is 4. The maximum Gasteiger partial charge on any atom is 1.00 e. The van der Waals surface area contributed by atoms with Crippen molar-refractivity contribution in [2.45, 2.75) is 25.4 Å². The average Bonchev–Trinajstić information content (AvgIpc) is 3.07. The number of halogens is 8. The Morgan fingerprint density at radius 3 is 1.28 bits per heavy atom. The molecular weight excluding hydrogens is 791 g/mol. The molecule has 264 valence electrons. The van der Waals surface area contributed by atoms with E-state index in [0.29, 0.717) is 26.0 Å². The number of hydrogen-bond acceptors (Lipinski definition) is 4. The van der Waals surface area contributed by atoms with Gasteiger partial charge in [-0.05, 0) is 84.8 Å². The van der Waals surface area contributed by atoms with Crippen LogP contribution in [0.5, 0.6) is 0 Å². The predicted molar refractivity (Wildman–Crippen MR) is 210 cm³/mol. The maximum absolute atomic E-state index is 6.48. The molecular formula is C37H39Cl8LiN4. The minimum Gasteiger partial charge on any atom is -1.00 e. The van der Waals surface area contributed by atoms with Crippen LogP contribution in [0, 0.1) is 0 Å². The van der Waals surface area contributed by atoms with Crippen molar-refractivity contribution in [2.24, 2.45) is 0 Å². The summed E-state index contributed by atoms with van der Waals surface area (Å²) in [5.74, 6) is 0.634. The van der Waals surface area contributed by atoms with Crippen LogP contribution in [0.2, 0.25) is 30.1 Å². The fourth-order valence-electron chi connectivity index (χ4n) is 6.47. The summed E-state index contributed by atoms with van der Waals surface area (Å²) in [5.41, 5.74) is 4.51. The molecule has 6 rings (SSSR count). The number of anilines is 2. The molecule has 0 unspecified atom stereocenters. The second kappa shape index (κ2) is 21.3. The molecule has 4 nitrogen and oxygen atoms in total. The van der Waals surface area contributed by atoms with Crippen molar-refractivity contribution >= 4 is 92.6 Å². The number of benzene rings is 4. The van der Waals surface area contributed by atoms with Crippen LogP contribution in [-0.4, -0.2) is 68.0 Å². The molecule has 2 aliphatic rings. The van der Waals surface area contributed by atoms with Gasteiger partial charge in [0.25, 0.3) is 0 Å². The summed E-state index contributed by atoms with van der Waals surface area (Å²) in [5, 5.41) is 4.18. The van der Waals surface area contributed by atoms with E-state index in [1.54, 1.807) is 6.07 Å². The Bertz CT molecular complexity index is 1510. The van der Waals surface area contributed by atoms with Gasteiger partial charge in [0.1, 0.15) is 0 Å². The summed E-state index contributed by atoms with van der Waals surface area (Å²) in [6.45, 7) is 9.91. The summed E-state index contributed by atoms with van der Waals surface area (Å²) in [6.07, 6.45) is 1.16. The Kier molecular flexibility index (Phi) is 18.6. The molecule has 0 amide bonds. The Labute approximate surface area is 350 Å². The predicted octanol–water partition coefficient (Wildman–Crippen LogP) is 5.68. The molecule has 2 atom stereocenters. The van der Waals surface area contributed by atoms with E-state index in [0.717, 1.165) is 80.2 Å². The number of alkyl halides is 1. The molecule has 0 saturated carbocycles. The van der Waals surface area contributed by atoms with Gasteiger partial charge in [0.05, 0.1) is 33.5 Å². The van der Waals surface area contributed by atoms with Gasteiger partial charge in [-0.3, -0.25) is 9.80 Å². The van der Waals surface area contributed by atoms with Crippen LogP contribution in [0.4, 0.5) is 11.4 Å². The van der Waals surface area contributed by atoms with Gasteiger partial charge in [0.2, 0.25) is 0 Å². The van der Waals surface area contributed by atoms with Crippen LogP contribution in [0.15, 0.2) is 84.9 Å². The molecule has 0 N–H and O–H groups in total. The zero-order valence-electron chi connectivity index (χ0n) is 28.1. The van der Waals surface area contributed by atoms with Gasteiger partial charge < -0.3 is 22.2 Å². The molecule has 0 aliphatic carbocycles. The first-order chi connectivity index (χ1) is 23.2. The van der Waals surface area contributed by atoms with Crippen molar-refractivity contribution in [1.82, 2.24) is 9.80 Å². The minimum absolute atomic E-state index is 0. The summed E-state index contributed by atoms with van der Waals surface area (Å²) in [6, 6.07) is 28.0. The second-order valence-electron chi connectivity index (χ2n) is 12.0. The number of rotatable bonds is 8. The van der Waals surface area contributed by atoms with E-state index in [1.807, 2.05) is 54.6 Å². The maximum atomic E-state index is 6.48. The van der Waals surface area contributed by atoms with E-state index in [2.05, 4.69) is 50.8 Å². The molecule has 0 radical (unpaired) electrons. The largest absolute Gasteiger partial charge is 1.00 e. The van der Waals surface area contributed by atoms with Crippen LogP contribution < -0.4 is 41.1 Å². The van der Waals surface area contributed by atoms with Crippen LogP contribution >= 0.6 is 81.2 Å². The van der Waals surface area contributed by atoms with Gasteiger partial charge in [-0.2, -0.15) is 0 Å². The second-order valence-corrected chi connectivity index (χ2v) is 14.9. The van der Waals surface area contributed by atoms with E-state index >= 15 is 0 Å². The quantitative estimate of drug-likeness (QED) is 0.168. The summed E-state index contributed by atoms with van der Waals surface area (Å²) >= 11 is 43.1. The Hall–Kier alpha value is -0.683. The number of hydrogen-bond donors (Lipinski definition) is 0. The molecule has 4 aromatic rings. The third-order valence-corrected chi connectivity index (χ3v) is 10.6. The molecule has 0 bridgehead atoms. The van der Waals surface area contributed by atoms with Crippen LogP contribution in [0.1, 0.15) is 36.6 Å². The first-order valence-corrected chi connectivity index (χ1v) is 18.9. The average molecular weight is 830 g/mol. The van der Waals surface area contributed by atoms with E-state index in [4.69, 9.17) is 81.2 Å². The zero-order chi connectivity index (χ0) is 34.2. The van der Waals surface area contributed by atoms with Gasteiger partial charge in [-0.25, -0.2) is 0 Å². The van der Waals surface area contributed by atoms with E-state index in [-0.39, 0.29) is 43.4 Å². The Morgan fingerprint density at radius 2 is 0.920 bits per heavy atom. The van der Waals surface area contributed by atoms with Crippen molar-refractivity contribution in [2.75, 3.05) is 68.0 Å². The third-order valence-electron chi connectivity index (χ3n) is 8.82. The van der Waals surface area contributed by atoms with E-state index in [9.17, 15) is 0 Å². The smallest absolute Gasteiger partial charge is 1.00 e. The van der Waals surface area contributed by atoms with Gasteiger partial charge in [0.15, 0.2) is 0 Å². The molecule has 4 aromatic carbocycles. The normalized spacial score (nSPS) is 18.1. The summed E-state index contributed by atoms with van der Waals surface area (Å²) in [7, 11) is 0. The van der Waals surface area contributed by atoms with Crippen LogP contribution in [0.3, 0.4) is 0 Å². The molecule has 2 heterocycles. The molecule has 50 heavy (non-hydrogen) atoms.